The highest BCUT2D eigenvalue weighted by molar-refractivity contribution is 6.70. The van der Waals surface area contributed by atoms with Crippen molar-refractivity contribution < 1.29 is 13.7 Å². The van der Waals surface area contributed by atoms with Gasteiger partial charge in [-0.15, -0.1) is 0 Å². The van der Waals surface area contributed by atoms with Crippen molar-refractivity contribution in [2.75, 3.05) is 0 Å². The Bertz CT molecular complexity index is 1070. The molecule has 0 spiro atoms. The highest BCUT2D eigenvalue weighted by Gasteiger charge is 2.67. The molecule has 5 rings (SSSR count). The van der Waals surface area contributed by atoms with Crippen molar-refractivity contribution in [1.82, 2.24) is 0 Å². The van der Waals surface area contributed by atoms with Gasteiger partial charge >= 0.3 is 0 Å². The van der Waals surface area contributed by atoms with E-state index in [0.717, 1.165) is 35.4 Å². The first kappa shape index (κ1) is 30.5. The quantitative estimate of drug-likeness (QED) is 0.174. The Hall–Kier alpha value is -0.956. The van der Waals surface area contributed by atoms with Gasteiger partial charge in [0.15, 0.2) is 16.6 Å². The van der Waals surface area contributed by atoms with Crippen molar-refractivity contribution in [2.45, 2.75) is 136 Å². The van der Waals surface area contributed by atoms with Crippen molar-refractivity contribution in [3.8, 4) is 0 Å². The van der Waals surface area contributed by atoms with Gasteiger partial charge in [-0.1, -0.05) is 49.3 Å². The fourth-order valence-corrected chi connectivity index (χ4v) is 12.8. The van der Waals surface area contributed by atoms with Crippen LogP contribution in [0.4, 0.5) is 0 Å². The standard InChI is InChI=1S/C34H57NO3Si2/c1-25(35-36-24-26-13-11-10-12-14-26)34(38-40(7,8)9)22-19-31-29-16-15-27-23-28(37-39(4,5)6)17-20-32(27,2)30(29)18-21-33(31,34)3/h10-14,27-31H,15-24H2,1-9H3. The summed E-state index contributed by atoms with van der Waals surface area (Å²) >= 11 is 0. The third-order valence-corrected chi connectivity index (χ3v) is 13.6. The summed E-state index contributed by atoms with van der Waals surface area (Å²) < 4.78 is 14.0. The van der Waals surface area contributed by atoms with Crippen molar-refractivity contribution in [3.63, 3.8) is 0 Å². The molecule has 0 aliphatic heterocycles. The molecule has 4 nitrogen and oxygen atoms in total. The average molecular weight is 584 g/mol. The van der Waals surface area contributed by atoms with Crippen molar-refractivity contribution in [2.24, 2.45) is 39.7 Å². The van der Waals surface area contributed by atoms with Gasteiger partial charge < -0.3 is 13.7 Å². The minimum Gasteiger partial charge on any atom is -0.415 e. The molecule has 1 aromatic carbocycles. The minimum absolute atomic E-state index is 0.111. The van der Waals surface area contributed by atoms with Gasteiger partial charge in [0.25, 0.3) is 0 Å². The van der Waals surface area contributed by atoms with E-state index in [2.05, 4.69) is 84.3 Å². The van der Waals surface area contributed by atoms with E-state index in [1.807, 2.05) is 6.07 Å². The second-order valence-corrected chi connectivity index (χ2v) is 25.1. The summed E-state index contributed by atoms with van der Waals surface area (Å²) in [6.07, 6.45) is 12.1. The Kier molecular flexibility index (Phi) is 8.35. The van der Waals surface area contributed by atoms with Crippen LogP contribution >= 0.6 is 0 Å². The van der Waals surface area contributed by atoms with Gasteiger partial charge in [0.2, 0.25) is 0 Å². The van der Waals surface area contributed by atoms with Crippen LogP contribution in [0.15, 0.2) is 35.5 Å². The molecule has 0 radical (unpaired) electrons. The molecule has 8 atom stereocenters. The Morgan fingerprint density at radius 2 is 1.55 bits per heavy atom. The molecular formula is C34H57NO3Si2. The van der Waals surface area contributed by atoms with Crippen LogP contribution < -0.4 is 0 Å². The Labute approximate surface area is 247 Å². The molecule has 0 saturated heterocycles. The van der Waals surface area contributed by atoms with Gasteiger partial charge in [-0.2, -0.15) is 0 Å². The first-order valence-corrected chi connectivity index (χ1v) is 23.1. The van der Waals surface area contributed by atoms with Crippen LogP contribution in [0.3, 0.4) is 0 Å². The van der Waals surface area contributed by atoms with Crippen molar-refractivity contribution >= 4 is 22.3 Å². The van der Waals surface area contributed by atoms with Gasteiger partial charge in [0.1, 0.15) is 12.2 Å². The molecule has 0 aromatic heterocycles. The number of rotatable bonds is 8. The predicted octanol–water partition coefficient (Wildman–Crippen LogP) is 9.43. The Balaban J connectivity index is 1.37. The minimum atomic E-state index is -1.84. The second kappa shape index (κ2) is 11.0. The Morgan fingerprint density at radius 1 is 0.850 bits per heavy atom. The van der Waals surface area contributed by atoms with Crippen LogP contribution in [0.5, 0.6) is 0 Å². The maximum atomic E-state index is 7.31. The lowest BCUT2D eigenvalue weighted by molar-refractivity contribution is -0.139. The van der Waals surface area contributed by atoms with Crippen LogP contribution in [0.1, 0.15) is 84.1 Å². The van der Waals surface area contributed by atoms with Crippen molar-refractivity contribution in [3.05, 3.63) is 35.9 Å². The first-order chi connectivity index (χ1) is 18.7. The molecule has 6 heteroatoms. The molecule has 4 fully saturated rings. The summed E-state index contributed by atoms with van der Waals surface area (Å²) in [6.45, 7) is 22.1. The molecule has 0 amide bonds. The van der Waals surface area contributed by atoms with Gasteiger partial charge in [0, 0.05) is 11.5 Å². The maximum Gasteiger partial charge on any atom is 0.185 e. The summed E-state index contributed by atoms with van der Waals surface area (Å²) in [6, 6.07) is 10.4. The number of oxime groups is 1. The lowest BCUT2D eigenvalue weighted by Gasteiger charge is -2.62. The van der Waals surface area contributed by atoms with Gasteiger partial charge in [-0.25, -0.2) is 0 Å². The molecule has 4 aliphatic rings. The molecule has 8 unspecified atom stereocenters. The third kappa shape index (κ3) is 5.68. The summed E-state index contributed by atoms with van der Waals surface area (Å²) in [5, 5.41) is 4.82. The van der Waals surface area contributed by atoms with Gasteiger partial charge in [0.05, 0.1) is 5.71 Å². The van der Waals surface area contributed by atoms with E-state index in [1.165, 1.54) is 51.4 Å². The molecule has 4 saturated carbocycles. The molecule has 40 heavy (non-hydrogen) atoms. The lowest BCUT2D eigenvalue weighted by Crippen LogP contribution is -2.61. The zero-order valence-electron chi connectivity index (χ0n) is 27.0. The summed E-state index contributed by atoms with van der Waals surface area (Å²) in [5.41, 5.74) is 2.49. The van der Waals surface area contributed by atoms with E-state index < -0.39 is 16.6 Å². The van der Waals surface area contributed by atoms with E-state index in [1.54, 1.807) is 0 Å². The zero-order chi connectivity index (χ0) is 29.0. The van der Waals surface area contributed by atoms with Crippen LogP contribution in [-0.4, -0.2) is 34.1 Å². The fourth-order valence-electron chi connectivity index (χ4n) is 10.0. The number of hydrogen-bond acceptors (Lipinski definition) is 4. The summed E-state index contributed by atoms with van der Waals surface area (Å²) in [4.78, 5) is 6.01. The van der Waals surface area contributed by atoms with Gasteiger partial charge in [-0.3, -0.25) is 0 Å². The number of hydrogen-bond donors (Lipinski definition) is 0. The molecule has 4 aliphatic carbocycles. The van der Waals surface area contributed by atoms with E-state index >= 15 is 0 Å². The van der Waals surface area contributed by atoms with E-state index in [-0.39, 0.29) is 11.0 Å². The Morgan fingerprint density at radius 3 is 2.23 bits per heavy atom. The molecular weight excluding hydrogens is 527 g/mol. The molecule has 0 heterocycles. The third-order valence-electron chi connectivity index (χ3n) is 11.6. The first-order valence-electron chi connectivity index (χ1n) is 16.3. The SMILES string of the molecule is CC(=NOCc1ccccc1)C1(O[Si](C)(C)C)CCC2C3CCC4CC(O[Si](C)(C)C)CCC4(C)C3CCC21C. The van der Waals surface area contributed by atoms with E-state index in [4.69, 9.17) is 18.8 Å². The zero-order valence-corrected chi connectivity index (χ0v) is 29.0. The molecule has 1 aromatic rings. The summed E-state index contributed by atoms with van der Waals surface area (Å²) in [7, 11) is -3.34. The largest absolute Gasteiger partial charge is 0.415 e. The summed E-state index contributed by atoms with van der Waals surface area (Å²) in [5.74, 6) is 3.17. The van der Waals surface area contributed by atoms with Crippen LogP contribution in [0, 0.1) is 34.5 Å². The van der Waals surface area contributed by atoms with Crippen LogP contribution in [0.2, 0.25) is 39.3 Å². The predicted molar refractivity (Wildman–Crippen MR) is 171 cm³/mol. The maximum absolute atomic E-state index is 7.31. The van der Waals surface area contributed by atoms with Crippen molar-refractivity contribution in [1.29, 1.82) is 0 Å². The highest BCUT2D eigenvalue weighted by atomic mass is 28.4. The number of fused-ring (bicyclic) bond motifs is 5. The fraction of sp³-hybridized carbons (Fsp3) is 0.794. The molecule has 0 bridgehead atoms. The highest BCUT2D eigenvalue weighted by Crippen LogP contribution is 2.69. The molecule has 0 N–H and O–H groups in total. The van der Waals surface area contributed by atoms with Gasteiger partial charge in [-0.05, 0) is 139 Å². The second-order valence-electron chi connectivity index (χ2n) is 16.3. The normalized spacial score (nSPS) is 40.2. The lowest BCUT2D eigenvalue weighted by atomic mass is 9.44. The smallest absolute Gasteiger partial charge is 0.185 e. The number of nitrogens with zero attached hydrogens (tertiary/aromatic N) is 1. The van der Waals surface area contributed by atoms with Crippen LogP contribution in [0.25, 0.3) is 0 Å². The van der Waals surface area contributed by atoms with E-state index in [9.17, 15) is 0 Å². The van der Waals surface area contributed by atoms with E-state index in [0.29, 0.717) is 24.0 Å². The monoisotopic (exact) mass is 583 g/mol. The number of benzene rings is 1. The van der Waals surface area contributed by atoms with Crippen LogP contribution in [-0.2, 0) is 20.3 Å². The molecule has 224 valence electrons. The average Bonchev–Trinajstić information content (AvgIpc) is 3.15. The topological polar surface area (TPSA) is 40.0 Å².